The first-order valence-electron chi connectivity index (χ1n) is 10.3. The minimum absolute atomic E-state index is 0.152. The first-order valence-corrected chi connectivity index (χ1v) is 11.8. The van der Waals surface area contributed by atoms with Gasteiger partial charge in [0.05, 0.1) is 16.3 Å². The standard InChI is InChI=1S/C24H25F2N3O3S/c1-17-12-13-18(33(31,32)28-22-10-5-3-8-20(22)25)16-19(17)24(30)27-14-7-15-29(2)23-11-6-4-9-21(23)26/h3-6,8-13,16,28H,7,14-15H2,1-2H3,(H,27,30). The Labute approximate surface area is 192 Å². The molecule has 0 heterocycles. The molecule has 0 aromatic heterocycles. The summed E-state index contributed by atoms with van der Waals surface area (Å²) in [7, 11) is -2.33. The summed E-state index contributed by atoms with van der Waals surface area (Å²) < 4.78 is 55.3. The molecule has 0 spiro atoms. The highest BCUT2D eigenvalue weighted by Crippen LogP contribution is 2.21. The van der Waals surface area contributed by atoms with Gasteiger partial charge in [0.15, 0.2) is 0 Å². The first-order chi connectivity index (χ1) is 15.7. The average molecular weight is 474 g/mol. The van der Waals surface area contributed by atoms with Crippen molar-refractivity contribution in [2.45, 2.75) is 18.2 Å². The van der Waals surface area contributed by atoms with Gasteiger partial charge in [-0.1, -0.05) is 30.3 Å². The molecular weight excluding hydrogens is 448 g/mol. The van der Waals surface area contributed by atoms with Gasteiger partial charge >= 0.3 is 0 Å². The fourth-order valence-corrected chi connectivity index (χ4v) is 4.35. The highest BCUT2D eigenvalue weighted by atomic mass is 32.2. The lowest BCUT2D eigenvalue weighted by Gasteiger charge is -2.20. The van der Waals surface area contributed by atoms with Gasteiger partial charge in [-0.3, -0.25) is 9.52 Å². The Morgan fingerprint density at radius 2 is 1.64 bits per heavy atom. The molecule has 0 atom stereocenters. The molecule has 0 fully saturated rings. The summed E-state index contributed by atoms with van der Waals surface area (Å²) in [6.07, 6.45) is 0.558. The van der Waals surface area contributed by atoms with Crippen LogP contribution < -0.4 is 14.9 Å². The van der Waals surface area contributed by atoms with Crippen LogP contribution in [0.2, 0.25) is 0 Å². The third-order valence-corrected chi connectivity index (χ3v) is 6.46. The summed E-state index contributed by atoms with van der Waals surface area (Å²) in [4.78, 5) is 14.3. The molecule has 0 saturated heterocycles. The quantitative estimate of drug-likeness (QED) is 0.454. The highest BCUT2D eigenvalue weighted by molar-refractivity contribution is 7.92. The van der Waals surface area contributed by atoms with Crippen molar-refractivity contribution in [3.05, 3.63) is 89.5 Å². The van der Waals surface area contributed by atoms with E-state index in [9.17, 15) is 22.0 Å². The van der Waals surface area contributed by atoms with Crippen LogP contribution in [0.15, 0.2) is 71.6 Å². The molecule has 0 aliphatic carbocycles. The molecule has 1 amide bonds. The topological polar surface area (TPSA) is 78.5 Å². The van der Waals surface area contributed by atoms with Crippen molar-refractivity contribution in [1.29, 1.82) is 0 Å². The lowest BCUT2D eigenvalue weighted by molar-refractivity contribution is 0.0952. The average Bonchev–Trinajstić information content (AvgIpc) is 2.78. The summed E-state index contributed by atoms with van der Waals surface area (Å²) >= 11 is 0. The number of rotatable bonds is 9. The van der Waals surface area contributed by atoms with Gasteiger partial charge in [-0.2, -0.15) is 0 Å². The van der Waals surface area contributed by atoms with E-state index in [1.807, 2.05) is 0 Å². The third kappa shape index (κ3) is 6.07. The maximum Gasteiger partial charge on any atom is 0.262 e. The normalized spacial score (nSPS) is 11.2. The number of halogens is 2. The predicted octanol–water partition coefficient (Wildman–Crippen LogP) is 4.33. The second kappa shape index (κ2) is 10.4. The van der Waals surface area contributed by atoms with Crippen LogP contribution in [0.4, 0.5) is 20.2 Å². The SMILES string of the molecule is Cc1ccc(S(=O)(=O)Nc2ccccc2F)cc1C(=O)NCCCN(C)c1ccccc1F. The summed E-state index contributed by atoms with van der Waals surface area (Å²) in [5.41, 5.74) is 1.10. The molecule has 3 aromatic carbocycles. The molecule has 174 valence electrons. The van der Waals surface area contributed by atoms with E-state index < -0.39 is 21.7 Å². The molecule has 6 nitrogen and oxygen atoms in total. The van der Waals surface area contributed by atoms with E-state index in [4.69, 9.17) is 0 Å². The van der Waals surface area contributed by atoms with Crippen molar-refractivity contribution in [1.82, 2.24) is 5.32 Å². The number of carbonyl (C=O) groups is 1. The number of nitrogens with zero attached hydrogens (tertiary/aromatic N) is 1. The van der Waals surface area contributed by atoms with Gasteiger partial charge in [-0.25, -0.2) is 17.2 Å². The molecule has 9 heteroatoms. The lowest BCUT2D eigenvalue weighted by atomic mass is 10.1. The number of hydrogen-bond donors (Lipinski definition) is 2. The van der Waals surface area contributed by atoms with Crippen molar-refractivity contribution < 1.29 is 22.0 Å². The molecule has 2 N–H and O–H groups in total. The van der Waals surface area contributed by atoms with Crippen LogP contribution in [0.1, 0.15) is 22.3 Å². The number of aryl methyl sites for hydroxylation is 1. The molecular formula is C24H25F2N3O3S. The first kappa shape index (κ1) is 24.2. The van der Waals surface area contributed by atoms with E-state index in [1.165, 1.54) is 42.5 Å². The zero-order valence-corrected chi connectivity index (χ0v) is 19.1. The van der Waals surface area contributed by atoms with Gasteiger partial charge < -0.3 is 10.2 Å². The van der Waals surface area contributed by atoms with E-state index in [-0.39, 0.29) is 22.0 Å². The third-order valence-electron chi connectivity index (χ3n) is 5.10. The van der Waals surface area contributed by atoms with Crippen LogP contribution >= 0.6 is 0 Å². The molecule has 0 bridgehead atoms. The van der Waals surface area contributed by atoms with E-state index in [0.717, 1.165) is 6.07 Å². The number of nitrogens with one attached hydrogen (secondary N) is 2. The Bertz CT molecular complexity index is 1250. The molecule has 0 saturated carbocycles. The fourth-order valence-electron chi connectivity index (χ4n) is 3.26. The summed E-state index contributed by atoms with van der Waals surface area (Å²) in [6, 6.07) is 16.0. The van der Waals surface area contributed by atoms with Crippen molar-refractivity contribution in [2.24, 2.45) is 0 Å². The maximum atomic E-state index is 13.9. The minimum Gasteiger partial charge on any atom is -0.372 e. The smallest absolute Gasteiger partial charge is 0.262 e. The van der Waals surface area contributed by atoms with Crippen molar-refractivity contribution >= 4 is 27.3 Å². The van der Waals surface area contributed by atoms with Crippen LogP contribution in [0.3, 0.4) is 0 Å². The Morgan fingerprint density at radius 3 is 2.33 bits per heavy atom. The summed E-state index contributed by atoms with van der Waals surface area (Å²) in [5.74, 6) is -1.45. The van der Waals surface area contributed by atoms with Gasteiger partial charge in [0.25, 0.3) is 15.9 Å². The lowest BCUT2D eigenvalue weighted by Crippen LogP contribution is -2.29. The largest absolute Gasteiger partial charge is 0.372 e. The number of hydrogen-bond acceptors (Lipinski definition) is 4. The van der Waals surface area contributed by atoms with Gasteiger partial charge in [0, 0.05) is 25.7 Å². The van der Waals surface area contributed by atoms with Crippen LogP contribution in [-0.2, 0) is 10.0 Å². The van der Waals surface area contributed by atoms with Crippen molar-refractivity contribution in [2.75, 3.05) is 29.8 Å². The number of amides is 1. The van der Waals surface area contributed by atoms with Gasteiger partial charge in [-0.15, -0.1) is 0 Å². The molecule has 0 unspecified atom stereocenters. The number of anilines is 2. The highest BCUT2D eigenvalue weighted by Gasteiger charge is 2.19. The van der Waals surface area contributed by atoms with Crippen LogP contribution in [0, 0.1) is 18.6 Å². The zero-order chi connectivity index (χ0) is 24.0. The monoisotopic (exact) mass is 473 g/mol. The molecule has 0 aliphatic heterocycles. The maximum absolute atomic E-state index is 13.9. The van der Waals surface area contributed by atoms with Crippen LogP contribution in [0.25, 0.3) is 0 Å². The molecule has 3 rings (SSSR count). The molecule has 33 heavy (non-hydrogen) atoms. The second-order valence-electron chi connectivity index (χ2n) is 7.54. The Morgan fingerprint density at radius 1 is 0.970 bits per heavy atom. The Kier molecular flexibility index (Phi) is 7.65. The Balaban J connectivity index is 1.63. The zero-order valence-electron chi connectivity index (χ0n) is 18.3. The van der Waals surface area contributed by atoms with Crippen molar-refractivity contribution in [3.8, 4) is 0 Å². The number of benzene rings is 3. The summed E-state index contributed by atoms with van der Waals surface area (Å²) in [6.45, 7) is 2.53. The number of sulfonamides is 1. The Hall–Kier alpha value is -3.46. The molecule has 3 aromatic rings. The summed E-state index contributed by atoms with van der Waals surface area (Å²) in [5, 5.41) is 2.76. The van der Waals surface area contributed by atoms with E-state index in [1.54, 1.807) is 37.1 Å². The second-order valence-corrected chi connectivity index (χ2v) is 9.23. The molecule has 0 radical (unpaired) electrons. The number of carbonyl (C=O) groups excluding carboxylic acids is 1. The van der Waals surface area contributed by atoms with E-state index >= 15 is 0 Å². The number of para-hydroxylation sites is 2. The van der Waals surface area contributed by atoms with Crippen molar-refractivity contribution in [3.63, 3.8) is 0 Å². The van der Waals surface area contributed by atoms with E-state index in [0.29, 0.717) is 30.8 Å². The van der Waals surface area contributed by atoms with Crippen LogP contribution in [-0.4, -0.2) is 34.5 Å². The van der Waals surface area contributed by atoms with E-state index in [2.05, 4.69) is 10.0 Å². The molecule has 0 aliphatic rings. The minimum atomic E-state index is -4.09. The van der Waals surface area contributed by atoms with Gasteiger partial charge in [0.1, 0.15) is 11.6 Å². The van der Waals surface area contributed by atoms with Crippen LogP contribution in [0.5, 0.6) is 0 Å². The predicted molar refractivity (Wildman–Crippen MR) is 125 cm³/mol. The fraction of sp³-hybridized carbons (Fsp3) is 0.208. The van der Waals surface area contributed by atoms with Gasteiger partial charge in [0.2, 0.25) is 0 Å². The van der Waals surface area contributed by atoms with Gasteiger partial charge in [-0.05, 0) is 55.3 Å².